The number of hydrogen-bond donors (Lipinski definition) is 1. The van der Waals surface area contributed by atoms with Crippen LogP contribution < -0.4 is 5.73 Å². The van der Waals surface area contributed by atoms with Crippen LogP contribution in [0, 0.1) is 5.82 Å². The van der Waals surface area contributed by atoms with Crippen LogP contribution >= 0.6 is 0 Å². The molecule has 1 aromatic carbocycles. The molecule has 4 aromatic rings. The van der Waals surface area contributed by atoms with Crippen LogP contribution in [0.5, 0.6) is 0 Å². The van der Waals surface area contributed by atoms with Crippen LogP contribution in [0.2, 0.25) is 0 Å². The Labute approximate surface area is 181 Å². The van der Waals surface area contributed by atoms with Gasteiger partial charge in [0.05, 0.1) is 31.2 Å². The van der Waals surface area contributed by atoms with E-state index in [-0.39, 0.29) is 18.1 Å². The molecule has 1 aliphatic heterocycles. The van der Waals surface area contributed by atoms with Crippen LogP contribution in [0.1, 0.15) is 16.3 Å². The number of methoxy groups -OCH3 is 1. The molecular formula is C22H19FN6O3. The molecule has 3 aromatic heterocycles. The number of fused-ring (bicyclic) bond motifs is 2. The molecule has 0 unspecified atom stereocenters. The van der Waals surface area contributed by atoms with E-state index in [0.717, 1.165) is 16.8 Å². The number of pyridine rings is 1. The summed E-state index contributed by atoms with van der Waals surface area (Å²) in [6, 6.07) is 9.76. The van der Waals surface area contributed by atoms with Gasteiger partial charge in [-0.3, -0.25) is 14.1 Å². The van der Waals surface area contributed by atoms with Crippen LogP contribution in [-0.4, -0.2) is 49.5 Å². The first-order valence-electron chi connectivity index (χ1n) is 9.92. The smallest absolute Gasteiger partial charge is 0.409 e. The van der Waals surface area contributed by atoms with Gasteiger partial charge < -0.3 is 15.0 Å². The van der Waals surface area contributed by atoms with E-state index in [1.807, 2.05) is 10.6 Å². The van der Waals surface area contributed by atoms with Crippen molar-refractivity contribution in [2.75, 3.05) is 13.7 Å². The van der Waals surface area contributed by atoms with Gasteiger partial charge >= 0.3 is 6.09 Å². The Morgan fingerprint density at radius 2 is 1.84 bits per heavy atom. The normalized spacial score (nSPS) is 13.2. The fourth-order valence-electron chi connectivity index (χ4n) is 4.02. The molecule has 5 rings (SSSR count). The first-order chi connectivity index (χ1) is 15.5. The lowest BCUT2D eigenvalue weighted by molar-refractivity contribution is 0.0994. The van der Waals surface area contributed by atoms with Crippen LogP contribution in [0.15, 0.2) is 48.8 Å². The maximum Gasteiger partial charge on any atom is 0.409 e. The summed E-state index contributed by atoms with van der Waals surface area (Å²) in [6.45, 7) is 1.23. The van der Waals surface area contributed by atoms with Crippen molar-refractivity contribution in [1.29, 1.82) is 0 Å². The summed E-state index contributed by atoms with van der Waals surface area (Å²) in [4.78, 5) is 34.4. The Kier molecular flexibility index (Phi) is 4.62. The second-order valence-corrected chi connectivity index (χ2v) is 7.43. The number of ether oxygens (including phenoxy) is 1. The van der Waals surface area contributed by atoms with Gasteiger partial charge in [-0.25, -0.2) is 19.2 Å². The Morgan fingerprint density at radius 1 is 1.09 bits per heavy atom. The fraction of sp³-hybridized carbons (Fsp3) is 0.182. The van der Waals surface area contributed by atoms with E-state index >= 15 is 0 Å². The molecule has 4 heterocycles. The van der Waals surface area contributed by atoms with Crippen molar-refractivity contribution in [1.82, 2.24) is 23.8 Å². The van der Waals surface area contributed by atoms with Crippen LogP contribution in [-0.2, 0) is 17.8 Å². The van der Waals surface area contributed by atoms with Crippen molar-refractivity contribution in [3.8, 4) is 22.5 Å². The Bertz CT molecular complexity index is 1360. The highest BCUT2D eigenvalue weighted by atomic mass is 19.1. The number of nitrogens with zero attached hydrogens (tertiary/aromatic N) is 5. The Hall–Kier alpha value is -4.21. The lowest BCUT2D eigenvalue weighted by Crippen LogP contribution is -2.38. The highest BCUT2D eigenvalue weighted by Crippen LogP contribution is 2.35. The average Bonchev–Trinajstić information content (AvgIpc) is 3.39. The largest absolute Gasteiger partial charge is 0.453 e. The molecule has 0 aliphatic carbocycles. The third kappa shape index (κ3) is 3.16. The number of rotatable bonds is 3. The molecule has 32 heavy (non-hydrogen) atoms. The number of aromatic nitrogens is 4. The van der Waals surface area contributed by atoms with Crippen LogP contribution in [0.25, 0.3) is 28.2 Å². The van der Waals surface area contributed by atoms with Crippen molar-refractivity contribution >= 4 is 17.6 Å². The third-order valence-electron chi connectivity index (χ3n) is 5.55. The highest BCUT2D eigenvalue weighted by Gasteiger charge is 2.28. The lowest BCUT2D eigenvalue weighted by atomic mass is 10.1. The predicted molar refractivity (Wildman–Crippen MR) is 113 cm³/mol. The molecule has 0 radical (unpaired) electrons. The summed E-state index contributed by atoms with van der Waals surface area (Å²) in [7, 11) is 1.34. The summed E-state index contributed by atoms with van der Waals surface area (Å²) in [6.07, 6.45) is 2.80. The van der Waals surface area contributed by atoms with Gasteiger partial charge in [0.25, 0.3) is 5.91 Å². The fourth-order valence-corrected chi connectivity index (χ4v) is 4.02. The molecule has 162 valence electrons. The number of primary amides is 1. The average molecular weight is 434 g/mol. The molecule has 9 nitrogen and oxygen atoms in total. The van der Waals surface area contributed by atoms with E-state index in [2.05, 4.69) is 4.98 Å². The molecular weight excluding hydrogens is 415 g/mol. The second kappa shape index (κ2) is 7.49. The summed E-state index contributed by atoms with van der Waals surface area (Å²) in [5, 5.41) is 0. The van der Waals surface area contributed by atoms with Crippen molar-refractivity contribution < 1.29 is 18.7 Å². The minimum Gasteiger partial charge on any atom is -0.453 e. The van der Waals surface area contributed by atoms with Gasteiger partial charge in [0, 0.05) is 30.4 Å². The highest BCUT2D eigenvalue weighted by molar-refractivity contribution is 5.92. The summed E-state index contributed by atoms with van der Waals surface area (Å²) < 4.78 is 22.1. The summed E-state index contributed by atoms with van der Waals surface area (Å²) in [5.41, 5.74) is 9.29. The topological polar surface area (TPSA) is 108 Å². The molecule has 2 amide bonds. The van der Waals surface area contributed by atoms with Crippen molar-refractivity contribution in [2.45, 2.75) is 13.1 Å². The quantitative estimate of drug-likeness (QED) is 0.533. The zero-order valence-corrected chi connectivity index (χ0v) is 17.2. The van der Waals surface area contributed by atoms with Gasteiger partial charge in [0.2, 0.25) is 0 Å². The molecule has 0 spiro atoms. The first kappa shape index (κ1) is 19.7. The first-order valence-corrected chi connectivity index (χ1v) is 9.92. The molecule has 0 bridgehead atoms. The zero-order valence-electron chi connectivity index (χ0n) is 17.2. The second-order valence-electron chi connectivity index (χ2n) is 7.43. The minimum atomic E-state index is -0.586. The number of amides is 2. The van der Waals surface area contributed by atoms with E-state index in [4.69, 9.17) is 15.5 Å². The number of carbonyl (C=O) groups excluding carboxylic acids is 2. The number of benzene rings is 1. The van der Waals surface area contributed by atoms with E-state index in [9.17, 15) is 14.0 Å². The number of nitrogens with two attached hydrogens (primary N) is 1. The molecule has 0 atom stereocenters. The monoisotopic (exact) mass is 434 g/mol. The van der Waals surface area contributed by atoms with Gasteiger partial charge in [-0.15, -0.1) is 0 Å². The van der Waals surface area contributed by atoms with Crippen molar-refractivity contribution in [3.05, 3.63) is 66.1 Å². The zero-order chi connectivity index (χ0) is 22.4. The molecule has 2 N–H and O–H groups in total. The standard InChI is InChI=1S/C22H19FN6O3/c1-32-22(31)27-8-9-28-18(12-27)26-19(13-2-5-15(23)6-3-13)20(28)14-4-7-17-25-10-16(21(24)30)29(17)11-14/h2-7,10-11H,8-9,12H2,1H3,(H2,24,30). The van der Waals surface area contributed by atoms with E-state index in [1.54, 1.807) is 33.7 Å². The number of carbonyl (C=O) groups is 2. The maximum atomic E-state index is 13.6. The van der Waals surface area contributed by atoms with Gasteiger partial charge in [-0.2, -0.15) is 0 Å². The summed E-state index contributed by atoms with van der Waals surface area (Å²) >= 11 is 0. The van der Waals surface area contributed by atoms with Gasteiger partial charge in [0.15, 0.2) is 0 Å². The number of imidazole rings is 2. The van der Waals surface area contributed by atoms with Crippen LogP contribution in [0.3, 0.4) is 0 Å². The predicted octanol–water partition coefficient (Wildman–Crippen LogP) is 2.68. The molecule has 10 heteroatoms. The molecule has 1 aliphatic rings. The van der Waals surface area contributed by atoms with E-state index in [1.165, 1.54) is 25.4 Å². The van der Waals surface area contributed by atoms with Gasteiger partial charge in [-0.05, 0) is 36.4 Å². The van der Waals surface area contributed by atoms with Crippen molar-refractivity contribution in [3.63, 3.8) is 0 Å². The lowest BCUT2D eigenvalue weighted by Gasteiger charge is -2.27. The molecule has 0 saturated heterocycles. The Balaban J connectivity index is 1.70. The van der Waals surface area contributed by atoms with Gasteiger partial charge in [0.1, 0.15) is 23.0 Å². The number of halogens is 1. The third-order valence-corrected chi connectivity index (χ3v) is 5.55. The molecule has 0 fully saturated rings. The van der Waals surface area contributed by atoms with E-state index < -0.39 is 12.0 Å². The minimum absolute atomic E-state index is 0.264. The van der Waals surface area contributed by atoms with Crippen LogP contribution in [0.4, 0.5) is 9.18 Å². The van der Waals surface area contributed by atoms with Gasteiger partial charge in [-0.1, -0.05) is 0 Å². The maximum absolute atomic E-state index is 13.6. The summed E-state index contributed by atoms with van der Waals surface area (Å²) in [5.74, 6) is -0.253. The van der Waals surface area contributed by atoms with Crippen molar-refractivity contribution in [2.24, 2.45) is 5.73 Å². The van der Waals surface area contributed by atoms with E-state index in [0.29, 0.717) is 30.3 Å². The number of hydrogen-bond acceptors (Lipinski definition) is 5. The SMILES string of the molecule is COC(=O)N1CCn2c(nc(-c3ccc(F)cc3)c2-c2ccc3ncc(C(N)=O)n3c2)C1. The Morgan fingerprint density at radius 3 is 2.56 bits per heavy atom. The molecule has 0 saturated carbocycles.